The first-order valence-corrected chi connectivity index (χ1v) is 8.55. The summed E-state index contributed by atoms with van der Waals surface area (Å²) < 4.78 is 0. The molecule has 0 aromatic carbocycles. The Hall–Kier alpha value is -0.570. The van der Waals surface area contributed by atoms with Crippen molar-refractivity contribution in [3.05, 3.63) is 0 Å². The fourth-order valence-electron chi connectivity index (χ4n) is 1.76. The lowest BCUT2D eigenvalue weighted by Gasteiger charge is -1.98. The Kier molecular flexibility index (Phi) is 32.9. The summed E-state index contributed by atoms with van der Waals surface area (Å²) in [5.41, 5.74) is 9.52. The van der Waals surface area contributed by atoms with Crippen molar-refractivity contribution in [1.82, 2.24) is 0 Å². The van der Waals surface area contributed by atoms with Crippen LogP contribution in [0.15, 0.2) is 0 Å². The molecule has 3 nitrogen and oxygen atoms in total. The van der Waals surface area contributed by atoms with E-state index in [1.807, 2.05) is 0 Å². The minimum atomic E-state index is -0.163. The van der Waals surface area contributed by atoms with Crippen LogP contribution in [0.25, 0.3) is 0 Å². The Morgan fingerprint density at radius 2 is 0.950 bits per heavy atom. The number of amides is 1. The van der Waals surface area contributed by atoms with Gasteiger partial charge in [-0.3, -0.25) is 4.79 Å². The van der Waals surface area contributed by atoms with Crippen molar-refractivity contribution in [2.75, 3.05) is 7.05 Å². The highest BCUT2D eigenvalue weighted by atomic mass is 16.1. The van der Waals surface area contributed by atoms with Gasteiger partial charge >= 0.3 is 0 Å². The van der Waals surface area contributed by atoms with Crippen LogP contribution in [0.2, 0.25) is 0 Å². The van der Waals surface area contributed by atoms with E-state index in [9.17, 15) is 4.79 Å². The number of hydrogen-bond acceptors (Lipinski definition) is 2. The molecule has 0 fully saturated rings. The summed E-state index contributed by atoms with van der Waals surface area (Å²) in [5, 5.41) is 0. The molecule has 1 amide bonds. The molecule has 0 aliphatic carbocycles. The predicted octanol–water partition coefficient (Wildman–Crippen LogP) is 4.77. The lowest BCUT2D eigenvalue weighted by atomic mass is 10.1. The zero-order valence-corrected chi connectivity index (χ0v) is 14.5. The van der Waals surface area contributed by atoms with Crippen molar-refractivity contribution in [2.45, 2.75) is 97.8 Å². The Balaban J connectivity index is -0.000000304. The van der Waals surface area contributed by atoms with Gasteiger partial charge in [0, 0.05) is 6.42 Å². The number of carbonyl (C=O) groups excluding carboxylic acids is 1. The number of hydrogen-bond donors (Lipinski definition) is 2. The summed E-state index contributed by atoms with van der Waals surface area (Å²) >= 11 is 0. The molecule has 0 aromatic rings. The lowest BCUT2D eigenvalue weighted by Crippen LogP contribution is -2.09. The first kappa shape index (κ1) is 24.4. The van der Waals surface area contributed by atoms with Crippen molar-refractivity contribution in [3.8, 4) is 0 Å². The van der Waals surface area contributed by atoms with Crippen molar-refractivity contribution in [2.24, 2.45) is 11.5 Å². The summed E-state index contributed by atoms with van der Waals surface area (Å²) in [6.45, 7) is 6.68. The third-order valence-electron chi connectivity index (χ3n) is 2.98. The summed E-state index contributed by atoms with van der Waals surface area (Å²) in [5.74, 6) is -0.163. The van der Waals surface area contributed by atoms with E-state index >= 15 is 0 Å². The van der Waals surface area contributed by atoms with Crippen molar-refractivity contribution in [3.63, 3.8) is 0 Å². The average molecular weight is 289 g/mol. The molecular weight excluding hydrogens is 248 g/mol. The van der Waals surface area contributed by atoms with Crippen LogP contribution in [0.5, 0.6) is 0 Å². The maximum Gasteiger partial charge on any atom is 0.217 e. The minimum Gasteiger partial charge on any atom is -0.370 e. The molecule has 0 bridgehead atoms. The van der Waals surface area contributed by atoms with Gasteiger partial charge in [-0.25, -0.2) is 0 Å². The number of carbonyl (C=O) groups is 1. The van der Waals surface area contributed by atoms with Gasteiger partial charge in [-0.2, -0.15) is 0 Å². The third kappa shape index (κ3) is 36.0. The van der Waals surface area contributed by atoms with Gasteiger partial charge in [0.1, 0.15) is 0 Å². The number of primary amides is 1. The van der Waals surface area contributed by atoms with Gasteiger partial charge in [-0.15, -0.1) is 0 Å². The van der Waals surface area contributed by atoms with Gasteiger partial charge in [-0.05, 0) is 13.5 Å². The molecule has 0 rings (SSSR count). The molecule has 0 heterocycles. The Morgan fingerprint density at radius 1 is 0.650 bits per heavy atom. The Morgan fingerprint density at radius 3 is 1.30 bits per heavy atom. The van der Waals surface area contributed by atoms with E-state index in [4.69, 9.17) is 5.73 Å². The Labute approximate surface area is 127 Å². The average Bonchev–Trinajstić information content (AvgIpc) is 2.46. The first-order chi connectivity index (χ1) is 9.68. The predicted molar refractivity (Wildman–Crippen MR) is 91.7 cm³/mol. The van der Waals surface area contributed by atoms with Crippen molar-refractivity contribution >= 4 is 5.91 Å². The quantitative estimate of drug-likeness (QED) is 0.537. The molecule has 3 heteroatoms. The van der Waals surface area contributed by atoms with Crippen LogP contribution >= 0.6 is 0 Å². The molecule has 124 valence electrons. The van der Waals surface area contributed by atoms with Gasteiger partial charge in [0.05, 0.1) is 0 Å². The highest BCUT2D eigenvalue weighted by Gasteiger charge is 1.94. The van der Waals surface area contributed by atoms with Crippen molar-refractivity contribution in [1.29, 1.82) is 0 Å². The summed E-state index contributed by atoms with van der Waals surface area (Å²) in [6.07, 6.45) is 14.8. The third-order valence-corrected chi connectivity index (χ3v) is 2.98. The lowest BCUT2D eigenvalue weighted by molar-refractivity contribution is -0.118. The van der Waals surface area contributed by atoms with E-state index in [-0.39, 0.29) is 5.91 Å². The fourth-order valence-corrected chi connectivity index (χ4v) is 1.76. The van der Waals surface area contributed by atoms with Gasteiger partial charge in [0.15, 0.2) is 0 Å². The van der Waals surface area contributed by atoms with Gasteiger partial charge in [0.25, 0.3) is 0 Å². The van der Waals surface area contributed by atoms with Crippen LogP contribution in [-0.4, -0.2) is 13.0 Å². The van der Waals surface area contributed by atoms with E-state index in [2.05, 4.69) is 26.5 Å². The molecule has 0 spiro atoms. The number of nitrogens with two attached hydrogens (primary N) is 2. The van der Waals surface area contributed by atoms with E-state index < -0.39 is 0 Å². The standard InChI is InChI=1S/C10H21NO.C6H14.CH5N/c1-2-3-4-5-6-7-8-9-10(11)12;1-3-5-6-4-2;1-2/h2-9H2,1H3,(H2,11,12);3-6H2,1-2H3;2H2,1H3. The van der Waals surface area contributed by atoms with Gasteiger partial charge < -0.3 is 11.5 Å². The summed E-state index contributed by atoms with van der Waals surface area (Å²) in [7, 11) is 1.50. The number of unbranched alkanes of at least 4 members (excludes halogenated alkanes) is 9. The van der Waals surface area contributed by atoms with Crippen LogP contribution in [0.1, 0.15) is 97.8 Å². The molecule has 0 aromatic heterocycles. The van der Waals surface area contributed by atoms with Gasteiger partial charge in [-0.1, -0.05) is 85.0 Å². The highest BCUT2D eigenvalue weighted by molar-refractivity contribution is 5.73. The molecule has 0 unspecified atom stereocenters. The molecule has 0 aliphatic heterocycles. The molecule has 0 saturated heterocycles. The maximum absolute atomic E-state index is 10.4. The second-order valence-electron chi connectivity index (χ2n) is 5.04. The van der Waals surface area contributed by atoms with E-state index in [0.717, 1.165) is 12.8 Å². The van der Waals surface area contributed by atoms with Crippen LogP contribution in [-0.2, 0) is 4.79 Å². The molecule has 0 radical (unpaired) electrons. The second kappa shape index (κ2) is 26.9. The van der Waals surface area contributed by atoms with Crippen molar-refractivity contribution < 1.29 is 4.79 Å². The monoisotopic (exact) mass is 288 g/mol. The maximum atomic E-state index is 10.4. The topological polar surface area (TPSA) is 69.1 Å². The molecule has 20 heavy (non-hydrogen) atoms. The zero-order chi connectivity index (χ0) is 16.1. The van der Waals surface area contributed by atoms with E-state index in [1.165, 1.54) is 64.8 Å². The normalized spacial score (nSPS) is 9.05. The van der Waals surface area contributed by atoms with E-state index in [0.29, 0.717) is 6.42 Å². The van der Waals surface area contributed by atoms with Crippen LogP contribution in [0.3, 0.4) is 0 Å². The SMILES string of the molecule is CCCCCC.CCCCCCCCCC(N)=O.CN. The molecule has 0 atom stereocenters. The zero-order valence-electron chi connectivity index (χ0n) is 14.5. The smallest absolute Gasteiger partial charge is 0.217 e. The van der Waals surface area contributed by atoms with Crippen LogP contribution < -0.4 is 11.5 Å². The van der Waals surface area contributed by atoms with E-state index in [1.54, 1.807) is 0 Å². The van der Waals surface area contributed by atoms with Crippen LogP contribution in [0, 0.1) is 0 Å². The molecular formula is C17H40N2O. The Bertz CT molecular complexity index is 157. The fraction of sp³-hybridized carbons (Fsp3) is 0.941. The summed E-state index contributed by atoms with van der Waals surface area (Å²) in [6, 6.07) is 0. The van der Waals surface area contributed by atoms with Gasteiger partial charge in [0.2, 0.25) is 5.91 Å². The number of rotatable bonds is 11. The molecule has 0 saturated carbocycles. The highest BCUT2D eigenvalue weighted by Crippen LogP contribution is 2.07. The molecule has 4 N–H and O–H groups in total. The van der Waals surface area contributed by atoms with Crippen LogP contribution in [0.4, 0.5) is 0 Å². The summed E-state index contributed by atoms with van der Waals surface area (Å²) in [4.78, 5) is 10.4. The minimum absolute atomic E-state index is 0.163. The molecule has 0 aliphatic rings. The largest absolute Gasteiger partial charge is 0.370 e. The second-order valence-corrected chi connectivity index (χ2v) is 5.04. The first-order valence-electron chi connectivity index (χ1n) is 8.55.